The minimum absolute atomic E-state index is 0.517. The summed E-state index contributed by atoms with van der Waals surface area (Å²) in [4.78, 5) is 0. The van der Waals surface area contributed by atoms with E-state index in [0.29, 0.717) is 5.25 Å². The van der Waals surface area contributed by atoms with Crippen LogP contribution in [0.1, 0.15) is 32.1 Å². The highest BCUT2D eigenvalue weighted by molar-refractivity contribution is 7.81. The van der Waals surface area contributed by atoms with E-state index in [-0.39, 0.29) is 0 Å². The second-order valence-electron chi connectivity index (χ2n) is 4.22. The molecule has 0 radical (unpaired) electrons. The van der Waals surface area contributed by atoms with Gasteiger partial charge in [0.15, 0.2) is 0 Å². The summed E-state index contributed by atoms with van der Waals surface area (Å²) < 4.78 is 0. The van der Waals surface area contributed by atoms with Crippen LogP contribution in [0.2, 0.25) is 0 Å². The molecule has 2 rings (SSSR count). The van der Waals surface area contributed by atoms with Crippen LogP contribution in [0.15, 0.2) is 24.3 Å². The first-order valence-corrected chi connectivity index (χ1v) is 5.91. The van der Waals surface area contributed by atoms with Crippen molar-refractivity contribution in [1.82, 2.24) is 0 Å². The average Bonchev–Trinajstić information content (AvgIpc) is 2.20. The predicted molar refractivity (Wildman–Crippen MR) is 61.1 cm³/mol. The molecule has 3 atom stereocenters. The van der Waals surface area contributed by atoms with Gasteiger partial charge in [-0.05, 0) is 43.9 Å². The molecule has 0 saturated heterocycles. The second kappa shape index (κ2) is 4.36. The van der Waals surface area contributed by atoms with E-state index in [4.69, 9.17) is 0 Å². The average molecular weight is 194 g/mol. The van der Waals surface area contributed by atoms with Crippen LogP contribution in [0.25, 0.3) is 0 Å². The van der Waals surface area contributed by atoms with Crippen LogP contribution < -0.4 is 0 Å². The first-order valence-electron chi connectivity index (χ1n) is 5.39. The van der Waals surface area contributed by atoms with Crippen molar-refractivity contribution >= 4 is 12.6 Å². The highest BCUT2D eigenvalue weighted by Gasteiger charge is 2.21. The lowest BCUT2D eigenvalue weighted by molar-refractivity contribution is 0.384. The minimum atomic E-state index is 0.517. The fourth-order valence-electron chi connectivity index (χ4n) is 2.38. The molecule has 0 aliphatic heterocycles. The lowest BCUT2D eigenvalue weighted by Gasteiger charge is -2.27. The molecule has 1 heteroatoms. The fourth-order valence-corrected chi connectivity index (χ4v) is 2.63. The van der Waals surface area contributed by atoms with Gasteiger partial charge in [0.1, 0.15) is 0 Å². The van der Waals surface area contributed by atoms with Crippen LogP contribution in [0.3, 0.4) is 0 Å². The maximum atomic E-state index is 4.46. The summed E-state index contributed by atoms with van der Waals surface area (Å²) in [6, 6.07) is 0. The number of thiol groups is 1. The molecule has 2 aliphatic rings. The Labute approximate surface area is 86.5 Å². The summed E-state index contributed by atoms with van der Waals surface area (Å²) in [5.74, 6) is 1.63. The number of hydrogen-bond donors (Lipinski definition) is 1. The van der Waals surface area contributed by atoms with E-state index in [1.807, 2.05) is 0 Å². The number of hydrogen-bond acceptors (Lipinski definition) is 1. The van der Waals surface area contributed by atoms with Crippen LogP contribution >= 0.6 is 12.6 Å². The van der Waals surface area contributed by atoms with Gasteiger partial charge in [0.05, 0.1) is 0 Å². The SMILES string of the molecule is SC1C=CC(C2C=CCCC2)CC1. The highest BCUT2D eigenvalue weighted by atomic mass is 32.1. The molecule has 0 amide bonds. The van der Waals surface area contributed by atoms with Crippen LogP contribution in [0.5, 0.6) is 0 Å². The van der Waals surface area contributed by atoms with Gasteiger partial charge in [0, 0.05) is 5.25 Å². The molecule has 0 saturated carbocycles. The molecule has 0 aromatic rings. The van der Waals surface area contributed by atoms with Gasteiger partial charge in [-0.1, -0.05) is 24.3 Å². The first kappa shape index (κ1) is 9.39. The molecule has 3 unspecified atom stereocenters. The monoisotopic (exact) mass is 194 g/mol. The maximum absolute atomic E-state index is 4.46. The standard InChI is InChI=1S/C12H18S/c13-12-8-6-11(7-9-12)10-4-2-1-3-5-10/h2,4,6,8,10-13H,1,3,5,7,9H2. The van der Waals surface area contributed by atoms with E-state index in [9.17, 15) is 0 Å². The number of rotatable bonds is 1. The van der Waals surface area contributed by atoms with Crippen molar-refractivity contribution in [2.24, 2.45) is 11.8 Å². The van der Waals surface area contributed by atoms with Gasteiger partial charge < -0.3 is 0 Å². The Morgan fingerprint density at radius 3 is 2.38 bits per heavy atom. The Balaban J connectivity index is 1.97. The van der Waals surface area contributed by atoms with Gasteiger partial charge >= 0.3 is 0 Å². The quantitative estimate of drug-likeness (QED) is 0.478. The van der Waals surface area contributed by atoms with Gasteiger partial charge in [0.25, 0.3) is 0 Å². The molecular formula is C12H18S. The zero-order valence-corrected chi connectivity index (χ0v) is 8.92. The fraction of sp³-hybridized carbons (Fsp3) is 0.667. The van der Waals surface area contributed by atoms with Crippen molar-refractivity contribution in [3.05, 3.63) is 24.3 Å². The third-order valence-electron chi connectivity index (χ3n) is 3.22. The van der Waals surface area contributed by atoms with Gasteiger partial charge in [-0.3, -0.25) is 0 Å². The van der Waals surface area contributed by atoms with Crippen molar-refractivity contribution < 1.29 is 0 Å². The van der Waals surface area contributed by atoms with Gasteiger partial charge in [-0.25, -0.2) is 0 Å². The van der Waals surface area contributed by atoms with Gasteiger partial charge in [0.2, 0.25) is 0 Å². The van der Waals surface area contributed by atoms with E-state index < -0.39 is 0 Å². The molecule has 0 aromatic carbocycles. The minimum Gasteiger partial charge on any atom is -0.172 e. The van der Waals surface area contributed by atoms with Crippen molar-refractivity contribution in [1.29, 1.82) is 0 Å². The molecular weight excluding hydrogens is 176 g/mol. The van der Waals surface area contributed by atoms with Crippen molar-refractivity contribution in [2.75, 3.05) is 0 Å². The Morgan fingerprint density at radius 2 is 1.77 bits per heavy atom. The maximum Gasteiger partial charge on any atom is 0.0197 e. The summed E-state index contributed by atoms with van der Waals surface area (Å²) in [5, 5.41) is 0.517. The van der Waals surface area contributed by atoms with Crippen molar-refractivity contribution in [2.45, 2.75) is 37.4 Å². The largest absolute Gasteiger partial charge is 0.172 e. The Morgan fingerprint density at radius 1 is 0.923 bits per heavy atom. The summed E-state index contributed by atoms with van der Waals surface area (Å²) in [6.45, 7) is 0. The summed E-state index contributed by atoms with van der Waals surface area (Å²) in [6.07, 6.45) is 16.1. The second-order valence-corrected chi connectivity index (χ2v) is 4.88. The van der Waals surface area contributed by atoms with E-state index >= 15 is 0 Å². The third-order valence-corrected chi connectivity index (χ3v) is 3.65. The Hall–Kier alpha value is -0.170. The van der Waals surface area contributed by atoms with E-state index in [1.165, 1.54) is 32.1 Å². The van der Waals surface area contributed by atoms with Crippen LogP contribution in [-0.4, -0.2) is 5.25 Å². The normalized spacial score (nSPS) is 39.3. The van der Waals surface area contributed by atoms with Gasteiger partial charge in [-0.2, -0.15) is 12.6 Å². The predicted octanol–water partition coefficient (Wildman–Crippen LogP) is 3.61. The molecule has 0 heterocycles. The molecule has 13 heavy (non-hydrogen) atoms. The lowest BCUT2D eigenvalue weighted by atomic mass is 9.79. The molecule has 0 spiro atoms. The molecule has 0 aromatic heterocycles. The van der Waals surface area contributed by atoms with Crippen LogP contribution in [0, 0.1) is 11.8 Å². The van der Waals surface area contributed by atoms with E-state index in [2.05, 4.69) is 36.9 Å². The molecule has 0 bridgehead atoms. The zero-order valence-electron chi connectivity index (χ0n) is 8.02. The third kappa shape index (κ3) is 2.40. The van der Waals surface area contributed by atoms with Crippen molar-refractivity contribution in [3.8, 4) is 0 Å². The van der Waals surface area contributed by atoms with E-state index in [1.54, 1.807) is 0 Å². The Kier molecular flexibility index (Phi) is 3.15. The first-order chi connectivity index (χ1) is 6.36. The van der Waals surface area contributed by atoms with E-state index in [0.717, 1.165) is 11.8 Å². The van der Waals surface area contributed by atoms with Crippen LogP contribution in [-0.2, 0) is 0 Å². The molecule has 2 aliphatic carbocycles. The van der Waals surface area contributed by atoms with Gasteiger partial charge in [-0.15, -0.1) is 0 Å². The summed E-state index contributed by atoms with van der Waals surface area (Å²) in [5.41, 5.74) is 0. The Bertz CT molecular complexity index is 217. The molecule has 0 N–H and O–H groups in total. The highest BCUT2D eigenvalue weighted by Crippen LogP contribution is 2.32. The molecule has 0 nitrogen and oxygen atoms in total. The smallest absolute Gasteiger partial charge is 0.0197 e. The molecule has 72 valence electrons. The van der Waals surface area contributed by atoms with Crippen molar-refractivity contribution in [3.63, 3.8) is 0 Å². The van der Waals surface area contributed by atoms with Crippen LogP contribution in [0.4, 0.5) is 0 Å². The lowest BCUT2D eigenvalue weighted by Crippen LogP contribution is -2.17. The molecule has 0 fully saturated rings. The number of allylic oxidation sites excluding steroid dienone is 3. The summed E-state index contributed by atoms with van der Waals surface area (Å²) in [7, 11) is 0. The zero-order chi connectivity index (χ0) is 9.10. The summed E-state index contributed by atoms with van der Waals surface area (Å²) >= 11 is 4.46. The topological polar surface area (TPSA) is 0 Å².